The molecule has 0 aliphatic heterocycles. The molecule has 15 heteroatoms. The third-order valence-electron chi connectivity index (χ3n) is 6.31. The molecular weight excluding hydrogens is 571 g/mol. The van der Waals surface area contributed by atoms with Gasteiger partial charge in [0.05, 0.1) is 21.5 Å². The summed E-state index contributed by atoms with van der Waals surface area (Å²) in [5, 5.41) is 6.36. The first-order valence-electron chi connectivity index (χ1n) is 12.3. The average Bonchev–Trinajstić information content (AvgIpc) is 3.17. The highest BCUT2D eigenvalue weighted by Gasteiger charge is 2.30. The number of aryl methyl sites for hydroxylation is 1. The largest absolute Gasteiger partial charge is 0.434 e. The molecule has 1 N–H and O–H groups in total. The summed E-state index contributed by atoms with van der Waals surface area (Å²) in [5.41, 5.74) is -0.315. The molecule has 39 heavy (non-hydrogen) atoms. The van der Waals surface area contributed by atoms with Gasteiger partial charge >= 0.3 is 12.8 Å². The van der Waals surface area contributed by atoms with Gasteiger partial charge in [-0.15, -0.1) is 0 Å². The number of carbonyl (C=O) groups is 1. The molecule has 0 atom stereocenters. The molecule has 0 saturated heterocycles. The van der Waals surface area contributed by atoms with Crippen molar-refractivity contribution in [1.82, 2.24) is 15.1 Å². The molecule has 0 radical (unpaired) electrons. The monoisotopic (exact) mass is 602 g/mol. The molecule has 0 unspecified atom stereocenters. The van der Waals surface area contributed by atoms with E-state index in [9.17, 15) is 35.2 Å². The first-order valence-corrected chi connectivity index (χ1v) is 14.6. The lowest BCUT2D eigenvalue weighted by Crippen LogP contribution is -2.34. The Bertz CT molecular complexity index is 1170. The van der Waals surface area contributed by atoms with Crippen LogP contribution >= 0.6 is 11.6 Å². The Labute approximate surface area is 229 Å². The minimum absolute atomic E-state index is 0.00750. The number of aromatic nitrogens is 2. The molecule has 0 aromatic carbocycles. The number of nitrogens with one attached hydrogen (secondary N) is 1. The van der Waals surface area contributed by atoms with Crippen molar-refractivity contribution >= 4 is 39.6 Å². The number of alkyl halides is 5. The van der Waals surface area contributed by atoms with Crippen LogP contribution in [0.5, 0.6) is 0 Å². The van der Waals surface area contributed by atoms with E-state index in [2.05, 4.69) is 26.9 Å². The van der Waals surface area contributed by atoms with Gasteiger partial charge in [-0.05, 0) is 64.2 Å². The van der Waals surface area contributed by atoms with Gasteiger partial charge in [0.2, 0.25) is 0 Å². The van der Waals surface area contributed by atoms with Gasteiger partial charge in [0.15, 0.2) is 5.69 Å². The Morgan fingerprint density at radius 1 is 1.31 bits per heavy atom. The van der Waals surface area contributed by atoms with Crippen LogP contribution in [0.15, 0.2) is 23.0 Å². The van der Waals surface area contributed by atoms with Crippen LogP contribution in [0, 0.1) is 5.92 Å². The fraction of sp³-hybridized carbons (Fsp3) is 0.625. The van der Waals surface area contributed by atoms with Crippen molar-refractivity contribution in [2.75, 3.05) is 12.8 Å². The van der Waals surface area contributed by atoms with Gasteiger partial charge < -0.3 is 10.1 Å². The van der Waals surface area contributed by atoms with Gasteiger partial charge in [0.25, 0.3) is 5.91 Å². The van der Waals surface area contributed by atoms with E-state index in [0.717, 1.165) is 12.3 Å². The fourth-order valence-corrected chi connectivity index (χ4v) is 5.79. The molecule has 1 amide bonds. The quantitative estimate of drug-likeness (QED) is 0.101. The Hall–Kier alpha value is -2.48. The van der Waals surface area contributed by atoms with Crippen LogP contribution in [-0.2, 0) is 21.1 Å². The number of carbonyl (C=O) groups excluding carboxylic acids is 1. The molecule has 1 fully saturated rings. The Kier molecular flexibility index (Phi) is 12.0. The van der Waals surface area contributed by atoms with E-state index in [1.165, 1.54) is 10.9 Å². The van der Waals surface area contributed by atoms with Crippen molar-refractivity contribution in [1.29, 1.82) is 0 Å². The summed E-state index contributed by atoms with van der Waals surface area (Å²) in [7, 11) is -3.12. The highest BCUT2D eigenvalue weighted by atomic mass is 35.5. The third kappa shape index (κ3) is 9.89. The number of ether oxygens (including phenoxy) is 1. The number of sulfone groups is 1. The summed E-state index contributed by atoms with van der Waals surface area (Å²) in [5.74, 6) is -1.05. The topological polar surface area (TPSA) is 103 Å². The van der Waals surface area contributed by atoms with Crippen LogP contribution in [0.1, 0.15) is 68.1 Å². The van der Waals surface area contributed by atoms with Gasteiger partial charge in [-0.1, -0.05) is 11.6 Å². The highest BCUT2D eigenvalue weighted by molar-refractivity contribution is 7.91. The number of nitrogens with zero attached hydrogens (tertiary/aromatic N) is 3. The minimum Gasteiger partial charge on any atom is -0.434 e. The van der Waals surface area contributed by atoms with Gasteiger partial charge in [0.1, 0.15) is 15.6 Å². The van der Waals surface area contributed by atoms with Crippen molar-refractivity contribution in [2.24, 2.45) is 10.9 Å². The molecule has 0 bridgehead atoms. The SMILES string of the molecule is C=N/C=C(\C(=C/CCCC(F)(F)F)OC(F)F)c1c(Cl)c(C(=O)NCC2CCC(S(C)(=O)=O)CC2)nn1CC. The predicted molar refractivity (Wildman–Crippen MR) is 138 cm³/mol. The minimum atomic E-state index is -4.40. The van der Waals surface area contributed by atoms with Crippen molar-refractivity contribution in [3.8, 4) is 0 Å². The first kappa shape index (κ1) is 32.7. The molecule has 1 aromatic heterocycles. The molecule has 8 nitrogen and oxygen atoms in total. The average molecular weight is 603 g/mol. The van der Waals surface area contributed by atoms with Gasteiger partial charge in [-0.2, -0.15) is 27.1 Å². The lowest BCUT2D eigenvalue weighted by atomic mass is 9.89. The van der Waals surface area contributed by atoms with Crippen LogP contribution < -0.4 is 5.32 Å². The summed E-state index contributed by atoms with van der Waals surface area (Å²) in [4.78, 5) is 16.5. The lowest BCUT2D eigenvalue weighted by Gasteiger charge is -2.27. The van der Waals surface area contributed by atoms with Crippen LogP contribution in [0.3, 0.4) is 0 Å². The molecule has 1 aliphatic rings. The smallest absolute Gasteiger partial charge is 0.389 e. The van der Waals surface area contributed by atoms with Gasteiger partial charge in [-0.3, -0.25) is 14.5 Å². The van der Waals surface area contributed by atoms with Gasteiger partial charge in [-0.25, -0.2) is 8.42 Å². The van der Waals surface area contributed by atoms with E-state index >= 15 is 0 Å². The normalized spacial score (nSPS) is 19.3. The summed E-state index contributed by atoms with van der Waals surface area (Å²) >= 11 is 6.49. The standard InChI is InChI=1S/C24H32ClF5N4O4S/c1-4-34-21(17(14-31-2)18(38-23(26)27)7-5-6-12-24(28,29)30)19(25)20(33-34)22(35)32-13-15-8-10-16(11-9-15)39(3,36)37/h7,14-16,23H,2,4-6,8-13H2,1,3H3,(H,32,35)/b17-14+,18-7+. The zero-order chi connectivity index (χ0) is 29.4. The molecule has 220 valence electrons. The summed E-state index contributed by atoms with van der Waals surface area (Å²) in [6, 6.07) is 0. The van der Waals surface area contributed by atoms with E-state index in [1.807, 2.05) is 0 Å². The molecule has 2 rings (SSSR count). The first-order chi connectivity index (χ1) is 18.2. The maximum absolute atomic E-state index is 13.2. The Morgan fingerprint density at radius 2 is 1.95 bits per heavy atom. The number of allylic oxidation sites excluding steroid dienone is 2. The van der Waals surface area contributed by atoms with E-state index in [4.69, 9.17) is 11.6 Å². The fourth-order valence-electron chi connectivity index (χ4n) is 4.34. The van der Waals surface area contributed by atoms with E-state index in [1.54, 1.807) is 6.92 Å². The maximum Gasteiger partial charge on any atom is 0.389 e. The Balaban J connectivity index is 2.27. The zero-order valence-electron chi connectivity index (χ0n) is 21.6. The molecular formula is C24H32ClF5N4O4S. The summed E-state index contributed by atoms with van der Waals surface area (Å²) in [6.45, 7) is 2.08. The van der Waals surface area contributed by atoms with E-state index in [0.29, 0.717) is 25.7 Å². The van der Waals surface area contributed by atoms with Crippen LogP contribution in [0.4, 0.5) is 22.0 Å². The summed E-state index contributed by atoms with van der Waals surface area (Å²) in [6.07, 6.45) is -0.547. The number of unbranched alkanes of at least 4 members (excludes halogenated alkanes) is 1. The second-order valence-electron chi connectivity index (χ2n) is 9.19. The lowest BCUT2D eigenvalue weighted by molar-refractivity contribution is -0.135. The van der Waals surface area contributed by atoms with Crippen molar-refractivity contribution < 1.29 is 39.9 Å². The second kappa shape index (κ2) is 14.2. The number of rotatable bonds is 13. The molecule has 1 heterocycles. The number of hydrogen-bond donors (Lipinski definition) is 1. The zero-order valence-corrected chi connectivity index (χ0v) is 23.2. The molecule has 0 spiro atoms. The number of aliphatic imine (C=N–C) groups is 1. The number of halogens is 6. The van der Waals surface area contributed by atoms with Crippen molar-refractivity contribution in [2.45, 2.75) is 76.5 Å². The number of hydrogen-bond acceptors (Lipinski definition) is 6. The Morgan fingerprint density at radius 3 is 2.46 bits per heavy atom. The third-order valence-corrected chi connectivity index (χ3v) is 8.35. The molecule has 1 aromatic rings. The van der Waals surface area contributed by atoms with Crippen molar-refractivity contribution in [3.05, 3.63) is 34.4 Å². The van der Waals surface area contributed by atoms with E-state index < -0.39 is 46.0 Å². The van der Waals surface area contributed by atoms with Crippen molar-refractivity contribution in [3.63, 3.8) is 0 Å². The molecule has 1 saturated carbocycles. The predicted octanol–water partition coefficient (Wildman–Crippen LogP) is 5.79. The molecule has 1 aliphatic carbocycles. The van der Waals surface area contributed by atoms with Crippen LogP contribution in [0.2, 0.25) is 5.02 Å². The summed E-state index contributed by atoms with van der Waals surface area (Å²) < 4.78 is 93.3. The van der Waals surface area contributed by atoms with Gasteiger partial charge in [0, 0.05) is 32.0 Å². The van der Waals surface area contributed by atoms with Crippen LogP contribution in [0.25, 0.3) is 5.57 Å². The maximum atomic E-state index is 13.2. The second-order valence-corrected chi connectivity index (χ2v) is 11.9. The van der Waals surface area contributed by atoms with E-state index in [-0.39, 0.29) is 53.8 Å². The highest BCUT2D eigenvalue weighted by Crippen LogP contribution is 2.35. The van der Waals surface area contributed by atoms with Crippen LogP contribution in [-0.4, -0.2) is 61.7 Å². The number of amides is 1.